The number of ether oxygens (including phenoxy) is 2. The lowest BCUT2D eigenvalue weighted by Crippen LogP contribution is -2.51. The molecule has 0 bridgehead atoms. The van der Waals surface area contributed by atoms with Crippen LogP contribution < -0.4 is 10.6 Å². The number of hydrogen-bond donors (Lipinski definition) is 4. The number of nitrogens with zero attached hydrogens (tertiary/aromatic N) is 4. The first kappa shape index (κ1) is 40.5. The maximum absolute atomic E-state index is 13.6. The molecule has 4 amide bonds. The van der Waals surface area contributed by atoms with Gasteiger partial charge in [0.1, 0.15) is 29.4 Å². The zero-order valence-electron chi connectivity index (χ0n) is 33.4. The van der Waals surface area contributed by atoms with E-state index in [-0.39, 0.29) is 35.7 Å². The maximum Gasteiger partial charge on any atom is 0.407 e. The zero-order chi connectivity index (χ0) is 41.1. The van der Waals surface area contributed by atoms with Gasteiger partial charge in [0, 0.05) is 29.4 Å². The van der Waals surface area contributed by atoms with E-state index in [2.05, 4.69) is 77.4 Å². The Morgan fingerprint density at radius 3 is 1.84 bits per heavy atom. The minimum atomic E-state index is -0.696. The van der Waals surface area contributed by atoms with E-state index in [9.17, 15) is 19.2 Å². The standard InChI is InChI=1S/C42H48N8O6S2/c1-23(2)33(47-41(53)55-5)39(51)49-17-7-9-31(49)37-43-19-28(45-37)16-15-27-21-57-36-29(22-58-35(27)36)25-11-13-26(14-12-25)30-20-44-38(46-30)32-10-8-18-50(32)40(52)34(24(3)4)48-42(54)56-6/h11-14,19-24,31-34H,7-10,17-18H2,1-6H3,(H,43,45)(H,44,46)(H,47,53)(H,48,54)/t31-,32-,33-,34-/m0/s1. The highest BCUT2D eigenvalue weighted by molar-refractivity contribution is 7.27. The normalized spacial score (nSPS) is 17.7. The molecule has 0 unspecified atom stereocenters. The minimum Gasteiger partial charge on any atom is -0.453 e. The number of thiophene rings is 2. The van der Waals surface area contributed by atoms with Crippen LogP contribution in [0.4, 0.5) is 9.59 Å². The number of fused-ring (bicyclic) bond motifs is 1. The van der Waals surface area contributed by atoms with Crippen molar-refractivity contribution in [3.05, 3.63) is 70.3 Å². The van der Waals surface area contributed by atoms with Crippen molar-refractivity contribution in [3.8, 4) is 34.2 Å². The molecule has 0 radical (unpaired) electrons. The molecule has 0 spiro atoms. The lowest BCUT2D eigenvalue weighted by Gasteiger charge is -2.30. The molecule has 4 atom stereocenters. The van der Waals surface area contributed by atoms with E-state index in [1.54, 1.807) is 33.8 Å². The van der Waals surface area contributed by atoms with Gasteiger partial charge in [-0.3, -0.25) is 9.59 Å². The van der Waals surface area contributed by atoms with E-state index >= 15 is 0 Å². The summed E-state index contributed by atoms with van der Waals surface area (Å²) in [6.07, 6.45) is 5.50. The number of methoxy groups -OCH3 is 2. The van der Waals surface area contributed by atoms with E-state index in [1.807, 2.05) is 38.8 Å². The van der Waals surface area contributed by atoms with Crippen LogP contribution in [0.1, 0.15) is 88.4 Å². The number of carbonyl (C=O) groups is 4. The van der Waals surface area contributed by atoms with Gasteiger partial charge < -0.3 is 39.9 Å². The number of likely N-dealkylation sites (tertiary alicyclic amines) is 2. The summed E-state index contributed by atoms with van der Waals surface area (Å²) in [5.41, 5.74) is 5.70. The topological polar surface area (TPSA) is 175 Å². The average Bonchev–Trinajstić information content (AvgIpc) is 4.07. The van der Waals surface area contributed by atoms with Gasteiger partial charge >= 0.3 is 12.2 Å². The highest BCUT2D eigenvalue weighted by Gasteiger charge is 2.39. The predicted octanol–water partition coefficient (Wildman–Crippen LogP) is 7.23. The van der Waals surface area contributed by atoms with E-state index in [4.69, 9.17) is 9.47 Å². The fourth-order valence-corrected chi connectivity index (χ4v) is 9.99. The molecule has 1 aromatic carbocycles. The summed E-state index contributed by atoms with van der Waals surface area (Å²) in [5, 5.41) is 9.64. The van der Waals surface area contributed by atoms with Gasteiger partial charge in [-0.15, -0.1) is 22.7 Å². The molecule has 6 heterocycles. The number of amides is 4. The van der Waals surface area contributed by atoms with Crippen LogP contribution >= 0.6 is 22.7 Å². The number of rotatable bonds is 10. The molecule has 2 saturated heterocycles. The number of hydrogen-bond acceptors (Lipinski definition) is 10. The molecule has 7 rings (SSSR count). The third kappa shape index (κ3) is 8.32. The van der Waals surface area contributed by atoms with Crippen LogP contribution in [0.3, 0.4) is 0 Å². The summed E-state index contributed by atoms with van der Waals surface area (Å²) in [4.78, 5) is 70.7. The summed E-state index contributed by atoms with van der Waals surface area (Å²) in [6, 6.07) is 6.54. The van der Waals surface area contributed by atoms with Gasteiger partial charge in [0.05, 0.1) is 59.4 Å². The molecule has 304 valence electrons. The number of imidazole rings is 2. The molecular weight excluding hydrogens is 777 g/mol. The number of aromatic nitrogens is 4. The molecule has 16 heteroatoms. The van der Waals surface area contributed by atoms with Crippen LogP contribution in [0.5, 0.6) is 0 Å². The van der Waals surface area contributed by atoms with Crippen LogP contribution in [0.15, 0.2) is 47.4 Å². The second-order valence-corrected chi connectivity index (χ2v) is 17.0. The molecule has 4 N–H and O–H groups in total. The third-order valence-corrected chi connectivity index (χ3v) is 13.0. The summed E-state index contributed by atoms with van der Waals surface area (Å²) in [7, 11) is 2.58. The Kier molecular flexibility index (Phi) is 12.2. The Balaban J connectivity index is 1.02. The SMILES string of the molecule is COC(=O)N[C@H](C(=O)N1CCC[C@H]1c1ncc(C#Cc2csc3c(-c4ccc(-c5cnc([C@@H]6CCCN6C(=O)[C@@H](NC(=O)OC)C(C)C)[nH]5)cc4)csc23)[nH]1)C(C)C. The quantitative estimate of drug-likeness (QED) is 0.107. The van der Waals surface area contributed by atoms with Crippen molar-refractivity contribution in [1.29, 1.82) is 0 Å². The number of benzene rings is 1. The summed E-state index contributed by atoms with van der Waals surface area (Å²) in [5.74, 6) is 7.47. The summed E-state index contributed by atoms with van der Waals surface area (Å²) in [6.45, 7) is 8.77. The number of aromatic amines is 2. The Labute approximate surface area is 345 Å². The van der Waals surface area contributed by atoms with E-state index < -0.39 is 24.3 Å². The van der Waals surface area contributed by atoms with Gasteiger partial charge in [0.2, 0.25) is 11.8 Å². The number of alkyl carbamates (subject to hydrolysis) is 2. The van der Waals surface area contributed by atoms with Gasteiger partial charge in [-0.1, -0.05) is 57.9 Å². The molecule has 2 aliphatic rings. The highest BCUT2D eigenvalue weighted by Crippen LogP contribution is 2.41. The van der Waals surface area contributed by atoms with Crippen molar-refractivity contribution >= 4 is 56.1 Å². The summed E-state index contributed by atoms with van der Waals surface area (Å²) >= 11 is 3.33. The minimum absolute atomic E-state index is 0.106. The van der Waals surface area contributed by atoms with E-state index in [0.717, 1.165) is 64.2 Å². The largest absolute Gasteiger partial charge is 0.453 e. The average molecular weight is 825 g/mol. The number of nitrogens with one attached hydrogen (secondary N) is 4. The molecule has 2 fully saturated rings. The Bertz CT molecular complexity index is 2350. The van der Waals surface area contributed by atoms with Gasteiger partial charge in [0.25, 0.3) is 0 Å². The number of carbonyl (C=O) groups excluding carboxylic acids is 4. The van der Waals surface area contributed by atoms with E-state index in [1.165, 1.54) is 18.9 Å². The van der Waals surface area contributed by atoms with Gasteiger partial charge in [-0.25, -0.2) is 19.6 Å². The van der Waals surface area contributed by atoms with Gasteiger partial charge in [-0.2, -0.15) is 0 Å². The number of H-pyrrole nitrogens is 2. The first-order valence-electron chi connectivity index (χ1n) is 19.5. The van der Waals surface area contributed by atoms with Crippen LogP contribution in [-0.4, -0.2) is 93.1 Å². The Morgan fingerprint density at radius 1 is 0.741 bits per heavy atom. The van der Waals surface area contributed by atoms with Gasteiger partial charge in [0.15, 0.2) is 0 Å². The molecule has 5 aromatic rings. The predicted molar refractivity (Wildman–Crippen MR) is 223 cm³/mol. The fourth-order valence-electron chi connectivity index (χ4n) is 7.68. The van der Waals surface area contributed by atoms with E-state index in [0.29, 0.717) is 24.6 Å². The Hall–Kier alpha value is -5.66. The van der Waals surface area contributed by atoms with Crippen LogP contribution in [-0.2, 0) is 19.1 Å². The monoisotopic (exact) mass is 824 g/mol. The molecule has 14 nitrogen and oxygen atoms in total. The fraction of sp³-hybridized carbons (Fsp3) is 0.429. The maximum atomic E-state index is 13.6. The molecule has 58 heavy (non-hydrogen) atoms. The second-order valence-electron chi connectivity index (χ2n) is 15.2. The molecule has 0 saturated carbocycles. The van der Waals surface area contributed by atoms with Crippen molar-refractivity contribution < 1.29 is 28.7 Å². The van der Waals surface area contributed by atoms with Crippen LogP contribution in [0, 0.1) is 23.7 Å². The van der Waals surface area contributed by atoms with Crippen LogP contribution in [0.25, 0.3) is 31.8 Å². The van der Waals surface area contributed by atoms with Crippen molar-refractivity contribution in [2.75, 3.05) is 27.3 Å². The third-order valence-electron chi connectivity index (χ3n) is 10.8. The van der Waals surface area contributed by atoms with Crippen LogP contribution in [0.2, 0.25) is 0 Å². The molecule has 4 aromatic heterocycles. The Morgan fingerprint density at radius 2 is 1.28 bits per heavy atom. The van der Waals surface area contributed by atoms with Crippen molar-refractivity contribution in [2.45, 2.75) is 77.5 Å². The lowest BCUT2D eigenvalue weighted by molar-refractivity contribution is -0.136. The lowest BCUT2D eigenvalue weighted by atomic mass is 10.0. The van der Waals surface area contributed by atoms with Crippen molar-refractivity contribution in [3.63, 3.8) is 0 Å². The molecule has 0 aliphatic carbocycles. The molecular formula is C42H48N8O6S2. The van der Waals surface area contributed by atoms with Crippen molar-refractivity contribution in [2.24, 2.45) is 11.8 Å². The van der Waals surface area contributed by atoms with Crippen molar-refractivity contribution in [1.82, 2.24) is 40.4 Å². The first-order chi connectivity index (χ1) is 28.0. The summed E-state index contributed by atoms with van der Waals surface area (Å²) < 4.78 is 11.8. The highest BCUT2D eigenvalue weighted by atomic mass is 32.1. The first-order valence-corrected chi connectivity index (χ1v) is 21.2. The zero-order valence-corrected chi connectivity index (χ0v) is 35.0. The molecule has 2 aliphatic heterocycles. The smallest absolute Gasteiger partial charge is 0.407 e. The van der Waals surface area contributed by atoms with Gasteiger partial charge in [-0.05, 0) is 54.6 Å². The second kappa shape index (κ2) is 17.5.